The molecule has 0 heterocycles. The Morgan fingerprint density at radius 3 is 0.890 bits per heavy atom. The highest BCUT2D eigenvalue weighted by Crippen LogP contribution is 2.16. The third kappa shape index (κ3) is 59.1. The summed E-state index contributed by atoms with van der Waals surface area (Å²) in [6.07, 6.45) is 81.4. The molecule has 0 aromatic heterocycles. The summed E-state index contributed by atoms with van der Waals surface area (Å²) in [5.74, 6) is -1.02. The Balaban J connectivity index is 4.48. The summed E-state index contributed by atoms with van der Waals surface area (Å²) in [5, 5.41) is 0. The highest BCUT2D eigenvalue weighted by Gasteiger charge is 2.19. The summed E-state index contributed by atoms with van der Waals surface area (Å²) in [4.78, 5) is 38.2. The smallest absolute Gasteiger partial charge is 0.306 e. The molecule has 1 atom stereocenters. The van der Waals surface area contributed by atoms with E-state index in [-0.39, 0.29) is 44.0 Å². The van der Waals surface area contributed by atoms with Crippen LogP contribution in [-0.4, -0.2) is 37.2 Å². The molecule has 0 saturated carbocycles. The zero-order valence-electron chi connectivity index (χ0n) is 47.9. The van der Waals surface area contributed by atoms with E-state index in [4.69, 9.17) is 14.2 Å². The number of hydrogen-bond donors (Lipinski definition) is 0. The van der Waals surface area contributed by atoms with Crippen LogP contribution in [0.5, 0.6) is 0 Å². The first-order chi connectivity index (χ1) is 36.0. The molecule has 0 aromatic rings. The molecule has 418 valence electrons. The largest absolute Gasteiger partial charge is 0.462 e. The Morgan fingerprint density at radius 1 is 0.288 bits per heavy atom. The summed E-state index contributed by atoms with van der Waals surface area (Å²) < 4.78 is 16.8. The molecule has 0 N–H and O–H groups in total. The second-order valence-electron chi connectivity index (χ2n) is 20.2. The highest BCUT2D eigenvalue weighted by molar-refractivity contribution is 5.71. The lowest BCUT2D eigenvalue weighted by Crippen LogP contribution is -2.30. The van der Waals surface area contributed by atoms with E-state index in [1.54, 1.807) is 0 Å². The van der Waals surface area contributed by atoms with Gasteiger partial charge in [-0.05, 0) is 89.9 Å². The van der Waals surface area contributed by atoms with Crippen molar-refractivity contribution in [2.45, 2.75) is 297 Å². The number of esters is 3. The van der Waals surface area contributed by atoms with Crippen molar-refractivity contribution in [1.29, 1.82) is 0 Å². The van der Waals surface area contributed by atoms with E-state index in [0.717, 1.165) is 77.0 Å². The fourth-order valence-electron chi connectivity index (χ4n) is 8.50. The lowest BCUT2D eigenvalue weighted by Gasteiger charge is -2.18. The van der Waals surface area contributed by atoms with Gasteiger partial charge in [-0.15, -0.1) is 0 Å². The van der Waals surface area contributed by atoms with E-state index in [2.05, 4.69) is 118 Å². The first kappa shape index (κ1) is 69.3. The van der Waals surface area contributed by atoms with E-state index in [9.17, 15) is 14.4 Å². The minimum absolute atomic E-state index is 0.114. The van der Waals surface area contributed by atoms with Gasteiger partial charge in [0.25, 0.3) is 0 Å². The number of carbonyl (C=O) groups is 3. The number of rotatable bonds is 55. The molecule has 0 amide bonds. The normalized spacial score (nSPS) is 12.8. The van der Waals surface area contributed by atoms with Crippen LogP contribution in [-0.2, 0) is 28.6 Å². The number of carbonyl (C=O) groups excluding carboxylic acids is 3. The SMILES string of the molecule is CC/C=C\C/C=C\C/C=C\C/C=C\C/C=C\CCCC(=O)O[C@H](COC(=O)CCC/C=C\C/C=C\C/C=C\CCCCCCCC)COC(=O)CCCCCCCCCCCCCCCCCCCCCCC. The van der Waals surface area contributed by atoms with Gasteiger partial charge in [0, 0.05) is 19.3 Å². The highest BCUT2D eigenvalue weighted by atomic mass is 16.6. The Labute approximate surface area is 451 Å². The van der Waals surface area contributed by atoms with Gasteiger partial charge < -0.3 is 14.2 Å². The summed E-state index contributed by atoms with van der Waals surface area (Å²) in [5.41, 5.74) is 0. The molecule has 6 heteroatoms. The number of allylic oxidation sites excluding steroid dienone is 16. The Bertz CT molecular complexity index is 1440. The van der Waals surface area contributed by atoms with Crippen LogP contribution in [0.2, 0.25) is 0 Å². The van der Waals surface area contributed by atoms with Crippen LogP contribution >= 0.6 is 0 Å². The molecular weight excluding hydrogens is 901 g/mol. The van der Waals surface area contributed by atoms with Gasteiger partial charge in [0.1, 0.15) is 13.2 Å². The molecule has 0 aliphatic rings. The van der Waals surface area contributed by atoms with Gasteiger partial charge in [0.15, 0.2) is 6.10 Å². The number of unbranched alkanes of at least 4 members (excludes halogenated alkanes) is 28. The molecule has 0 aliphatic heterocycles. The van der Waals surface area contributed by atoms with Crippen LogP contribution in [0.25, 0.3) is 0 Å². The average Bonchev–Trinajstić information content (AvgIpc) is 3.39. The second-order valence-corrected chi connectivity index (χ2v) is 20.2. The van der Waals surface area contributed by atoms with Crippen LogP contribution in [0.1, 0.15) is 290 Å². The predicted molar refractivity (Wildman–Crippen MR) is 316 cm³/mol. The van der Waals surface area contributed by atoms with Crippen molar-refractivity contribution >= 4 is 17.9 Å². The first-order valence-corrected chi connectivity index (χ1v) is 30.7. The number of hydrogen-bond acceptors (Lipinski definition) is 6. The molecule has 0 aliphatic carbocycles. The van der Waals surface area contributed by atoms with E-state index < -0.39 is 6.10 Å². The lowest BCUT2D eigenvalue weighted by atomic mass is 10.0. The topological polar surface area (TPSA) is 78.9 Å². The maximum absolute atomic E-state index is 12.9. The summed E-state index contributed by atoms with van der Waals surface area (Å²) >= 11 is 0. The van der Waals surface area contributed by atoms with E-state index in [1.807, 2.05) is 0 Å². The van der Waals surface area contributed by atoms with Gasteiger partial charge in [-0.1, -0.05) is 279 Å². The standard InChI is InChI=1S/C67H114O6/c1-4-7-10-13-16-19-22-25-28-31-32-33-34-37-39-42-45-48-51-54-57-60-66(69)72-63-64(73-67(70)61-58-55-52-49-46-43-40-36-30-27-24-21-18-15-12-9-6-3)62-71-65(68)59-56-53-50-47-44-41-38-35-29-26-23-20-17-14-11-8-5-2/h9,12,18,21,26-27,29-30,38,40-41,43,47,49-50,52,64H,4-8,10-11,13-17,19-20,22-25,28,31-37,39,42,44-46,48,51,53-63H2,1-3H3/b12-9-,21-18-,29-26-,30-27-,41-38-,43-40-,50-47-,52-49-/t64-/m1/s1. The maximum atomic E-state index is 12.9. The predicted octanol–water partition coefficient (Wildman–Crippen LogP) is 20.9. The summed E-state index contributed by atoms with van der Waals surface area (Å²) in [6.45, 7) is 6.46. The molecule has 0 aromatic carbocycles. The zero-order chi connectivity index (χ0) is 52.9. The average molecular weight is 1020 g/mol. The first-order valence-electron chi connectivity index (χ1n) is 30.7. The van der Waals surface area contributed by atoms with Gasteiger partial charge in [-0.2, -0.15) is 0 Å². The zero-order valence-corrected chi connectivity index (χ0v) is 47.9. The van der Waals surface area contributed by atoms with Crippen molar-refractivity contribution in [1.82, 2.24) is 0 Å². The van der Waals surface area contributed by atoms with Gasteiger partial charge >= 0.3 is 17.9 Å². The van der Waals surface area contributed by atoms with Crippen LogP contribution in [0.3, 0.4) is 0 Å². The number of ether oxygens (including phenoxy) is 3. The second kappa shape index (κ2) is 60.9. The fraction of sp³-hybridized carbons (Fsp3) is 0.716. The van der Waals surface area contributed by atoms with E-state index >= 15 is 0 Å². The molecule has 0 fully saturated rings. The molecule has 73 heavy (non-hydrogen) atoms. The van der Waals surface area contributed by atoms with E-state index in [1.165, 1.54) is 161 Å². The Hall–Kier alpha value is -3.67. The molecule has 0 radical (unpaired) electrons. The van der Waals surface area contributed by atoms with Gasteiger partial charge in [-0.3, -0.25) is 14.4 Å². The maximum Gasteiger partial charge on any atom is 0.306 e. The fourth-order valence-corrected chi connectivity index (χ4v) is 8.50. The molecule has 0 rings (SSSR count). The van der Waals surface area contributed by atoms with Gasteiger partial charge in [-0.25, -0.2) is 0 Å². The van der Waals surface area contributed by atoms with Crippen molar-refractivity contribution in [2.24, 2.45) is 0 Å². The Kier molecular flexibility index (Phi) is 57.8. The van der Waals surface area contributed by atoms with Crippen LogP contribution in [0.15, 0.2) is 97.2 Å². The van der Waals surface area contributed by atoms with Crippen LogP contribution in [0, 0.1) is 0 Å². The van der Waals surface area contributed by atoms with Crippen molar-refractivity contribution in [3.63, 3.8) is 0 Å². The van der Waals surface area contributed by atoms with Crippen molar-refractivity contribution in [2.75, 3.05) is 13.2 Å². The molecule has 0 spiro atoms. The molecule has 0 bridgehead atoms. The van der Waals surface area contributed by atoms with Crippen molar-refractivity contribution < 1.29 is 28.6 Å². The lowest BCUT2D eigenvalue weighted by molar-refractivity contribution is -0.167. The third-order valence-corrected chi connectivity index (χ3v) is 13.1. The molecule has 6 nitrogen and oxygen atoms in total. The quantitative estimate of drug-likeness (QED) is 0.0261. The van der Waals surface area contributed by atoms with Gasteiger partial charge in [0.2, 0.25) is 0 Å². The summed E-state index contributed by atoms with van der Waals surface area (Å²) in [6, 6.07) is 0. The molecule has 0 saturated heterocycles. The van der Waals surface area contributed by atoms with E-state index in [0.29, 0.717) is 19.3 Å². The minimum atomic E-state index is -0.828. The Morgan fingerprint density at radius 2 is 0.548 bits per heavy atom. The molecule has 0 unspecified atom stereocenters. The minimum Gasteiger partial charge on any atom is -0.462 e. The monoisotopic (exact) mass is 1010 g/mol. The van der Waals surface area contributed by atoms with Crippen molar-refractivity contribution in [3.05, 3.63) is 97.2 Å². The van der Waals surface area contributed by atoms with Crippen LogP contribution < -0.4 is 0 Å². The summed E-state index contributed by atoms with van der Waals surface area (Å²) in [7, 11) is 0. The van der Waals surface area contributed by atoms with Crippen LogP contribution in [0.4, 0.5) is 0 Å². The van der Waals surface area contributed by atoms with Gasteiger partial charge in [0.05, 0.1) is 0 Å². The molecular formula is C67H114O6. The van der Waals surface area contributed by atoms with Crippen molar-refractivity contribution in [3.8, 4) is 0 Å². The third-order valence-electron chi connectivity index (χ3n) is 13.1.